The Bertz CT molecular complexity index is 1250. The Morgan fingerprint density at radius 2 is 1.33 bits per heavy atom. The summed E-state index contributed by atoms with van der Waals surface area (Å²) in [5.74, 6) is 0.499. The molecule has 0 bridgehead atoms. The number of aromatic hydroxyl groups is 2. The van der Waals surface area contributed by atoms with Gasteiger partial charge in [-0.15, -0.1) is 0 Å². The molecule has 1 aliphatic carbocycles. The van der Waals surface area contributed by atoms with Crippen molar-refractivity contribution >= 4 is 5.69 Å². The van der Waals surface area contributed by atoms with E-state index in [1.807, 2.05) is 50.2 Å². The number of nitrogens with two attached hydrogens (primary N) is 1. The molecule has 3 nitrogen and oxygen atoms in total. The Morgan fingerprint density at radius 1 is 0.667 bits per heavy atom. The first-order valence-electron chi connectivity index (χ1n) is 10.0. The third-order valence-corrected chi connectivity index (χ3v) is 6.36. The van der Waals surface area contributed by atoms with Gasteiger partial charge in [0.25, 0.3) is 0 Å². The first-order chi connectivity index (χ1) is 14.4. The van der Waals surface area contributed by atoms with E-state index in [1.165, 1.54) is 0 Å². The number of anilines is 1. The average molecular weight is 393 g/mol. The van der Waals surface area contributed by atoms with Crippen molar-refractivity contribution in [1.82, 2.24) is 0 Å². The number of phenols is 2. The van der Waals surface area contributed by atoms with Gasteiger partial charge in [0, 0.05) is 5.69 Å². The summed E-state index contributed by atoms with van der Waals surface area (Å²) in [5.41, 5.74) is 14.6. The van der Waals surface area contributed by atoms with Crippen LogP contribution in [0.1, 0.15) is 33.4 Å². The lowest BCUT2D eigenvalue weighted by atomic mass is 9.67. The summed E-state index contributed by atoms with van der Waals surface area (Å²) >= 11 is 0. The predicted molar refractivity (Wildman–Crippen MR) is 121 cm³/mol. The molecule has 0 amide bonds. The van der Waals surface area contributed by atoms with Gasteiger partial charge in [-0.3, -0.25) is 0 Å². The van der Waals surface area contributed by atoms with Crippen molar-refractivity contribution in [2.45, 2.75) is 19.3 Å². The largest absolute Gasteiger partial charge is 0.508 e. The molecule has 30 heavy (non-hydrogen) atoms. The number of nitrogen functional groups attached to an aromatic ring is 1. The minimum absolute atomic E-state index is 0.230. The molecule has 0 fully saturated rings. The average Bonchev–Trinajstić information content (AvgIpc) is 3.02. The van der Waals surface area contributed by atoms with Crippen LogP contribution in [0.2, 0.25) is 0 Å². The summed E-state index contributed by atoms with van der Waals surface area (Å²) in [4.78, 5) is 0. The van der Waals surface area contributed by atoms with Gasteiger partial charge in [-0.25, -0.2) is 0 Å². The van der Waals surface area contributed by atoms with Gasteiger partial charge in [0.2, 0.25) is 0 Å². The molecule has 1 aliphatic rings. The van der Waals surface area contributed by atoms with Crippen molar-refractivity contribution in [2.24, 2.45) is 0 Å². The molecule has 5 rings (SSSR count). The highest BCUT2D eigenvalue weighted by Gasteiger charge is 2.46. The molecule has 0 aliphatic heterocycles. The van der Waals surface area contributed by atoms with Gasteiger partial charge in [0.1, 0.15) is 11.5 Å². The summed E-state index contributed by atoms with van der Waals surface area (Å²) in [6, 6.07) is 25.9. The molecule has 3 heteroatoms. The second-order valence-electron chi connectivity index (χ2n) is 8.10. The second-order valence-corrected chi connectivity index (χ2v) is 8.10. The molecular weight excluding hydrogens is 370 g/mol. The van der Waals surface area contributed by atoms with E-state index in [-0.39, 0.29) is 11.5 Å². The Morgan fingerprint density at radius 3 is 2.07 bits per heavy atom. The molecule has 4 aromatic rings. The van der Waals surface area contributed by atoms with Crippen LogP contribution in [0.25, 0.3) is 11.1 Å². The summed E-state index contributed by atoms with van der Waals surface area (Å²) < 4.78 is 0. The zero-order valence-electron chi connectivity index (χ0n) is 17.0. The van der Waals surface area contributed by atoms with Gasteiger partial charge in [-0.2, -0.15) is 0 Å². The first-order valence-corrected chi connectivity index (χ1v) is 10.0. The Balaban J connectivity index is 1.98. The van der Waals surface area contributed by atoms with Crippen LogP contribution in [-0.2, 0) is 5.41 Å². The molecule has 4 aromatic carbocycles. The third-order valence-electron chi connectivity index (χ3n) is 6.36. The van der Waals surface area contributed by atoms with Crippen LogP contribution in [0.4, 0.5) is 5.69 Å². The summed E-state index contributed by atoms with van der Waals surface area (Å²) in [6.07, 6.45) is 0. The Kier molecular flexibility index (Phi) is 3.90. The molecule has 0 radical (unpaired) electrons. The van der Waals surface area contributed by atoms with E-state index < -0.39 is 5.41 Å². The van der Waals surface area contributed by atoms with E-state index in [0.717, 1.165) is 50.2 Å². The van der Waals surface area contributed by atoms with E-state index in [9.17, 15) is 10.2 Å². The molecule has 1 atom stereocenters. The zero-order valence-corrected chi connectivity index (χ0v) is 17.0. The standard InChI is InChI=1S/C27H23NO2/c1-16-13-18(7-11-25(16)28)27(19-8-12-26(30)17(2)14-19)23-6-4-3-5-21(23)22-10-9-20(29)15-24(22)27/h3-15,29-30H,28H2,1-2H3. The van der Waals surface area contributed by atoms with Crippen molar-refractivity contribution < 1.29 is 10.2 Å². The third kappa shape index (κ3) is 2.38. The fourth-order valence-corrected chi connectivity index (χ4v) is 4.85. The molecule has 1 unspecified atom stereocenters. The zero-order chi connectivity index (χ0) is 21.0. The highest BCUT2D eigenvalue weighted by Crippen LogP contribution is 2.57. The van der Waals surface area contributed by atoms with E-state index in [2.05, 4.69) is 30.3 Å². The van der Waals surface area contributed by atoms with Crippen LogP contribution in [-0.4, -0.2) is 10.2 Å². The Hall–Kier alpha value is -3.72. The van der Waals surface area contributed by atoms with Crippen molar-refractivity contribution in [3.8, 4) is 22.6 Å². The number of phenolic OH excluding ortho intramolecular Hbond substituents is 2. The van der Waals surface area contributed by atoms with Gasteiger partial charge < -0.3 is 15.9 Å². The van der Waals surface area contributed by atoms with Crippen molar-refractivity contribution in [1.29, 1.82) is 0 Å². The molecule has 0 aromatic heterocycles. The van der Waals surface area contributed by atoms with Gasteiger partial charge in [-0.05, 0) is 82.6 Å². The maximum atomic E-state index is 10.4. The molecule has 0 spiro atoms. The molecular formula is C27H23NO2. The summed E-state index contributed by atoms with van der Waals surface area (Å²) in [7, 11) is 0. The number of hydrogen-bond donors (Lipinski definition) is 3. The van der Waals surface area contributed by atoms with Crippen molar-refractivity contribution in [3.05, 3.63) is 112 Å². The normalized spacial score (nSPS) is 16.9. The number of aryl methyl sites for hydroxylation is 2. The molecule has 4 N–H and O–H groups in total. The summed E-state index contributed by atoms with van der Waals surface area (Å²) in [5, 5.41) is 20.6. The van der Waals surface area contributed by atoms with Crippen LogP contribution < -0.4 is 5.73 Å². The molecule has 0 heterocycles. The first kappa shape index (κ1) is 18.3. The van der Waals surface area contributed by atoms with Gasteiger partial charge >= 0.3 is 0 Å². The maximum absolute atomic E-state index is 10.4. The van der Waals surface area contributed by atoms with E-state index in [4.69, 9.17) is 5.73 Å². The fraction of sp³-hybridized carbons (Fsp3) is 0.111. The van der Waals surface area contributed by atoms with Gasteiger partial charge in [0.15, 0.2) is 0 Å². The predicted octanol–water partition coefficient (Wildman–Crippen LogP) is 5.66. The van der Waals surface area contributed by atoms with E-state index in [1.54, 1.807) is 12.1 Å². The minimum Gasteiger partial charge on any atom is -0.508 e. The monoisotopic (exact) mass is 393 g/mol. The molecule has 148 valence electrons. The lowest BCUT2D eigenvalue weighted by Gasteiger charge is -2.34. The van der Waals surface area contributed by atoms with E-state index in [0.29, 0.717) is 0 Å². The van der Waals surface area contributed by atoms with Gasteiger partial charge in [0.05, 0.1) is 5.41 Å². The number of fused-ring (bicyclic) bond motifs is 3. The number of hydrogen-bond acceptors (Lipinski definition) is 3. The van der Waals surface area contributed by atoms with Crippen LogP contribution in [0.5, 0.6) is 11.5 Å². The number of benzene rings is 4. The van der Waals surface area contributed by atoms with Crippen LogP contribution in [0, 0.1) is 13.8 Å². The summed E-state index contributed by atoms with van der Waals surface area (Å²) in [6.45, 7) is 3.92. The highest BCUT2D eigenvalue weighted by atomic mass is 16.3. The second kappa shape index (κ2) is 6.39. The fourth-order valence-electron chi connectivity index (χ4n) is 4.85. The SMILES string of the molecule is Cc1cc(C2(c3ccc(O)c(C)c3)c3ccccc3-c3ccc(O)cc32)ccc1N. The molecule has 0 saturated heterocycles. The van der Waals surface area contributed by atoms with Crippen molar-refractivity contribution in [3.63, 3.8) is 0 Å². The van der Waals surface area contributed by atoms with Crippen LogP contribution >= 0.6 is 0 Å². The molecule has 0 saturated carbocycles. The quantitative estimate of drug-likeness (QED) is 0.339. The van der Waals surface area contributed by atoms with Gasteiger partial charge in [-0.1, -0.05) is 54.6 Å². The van der Waals surface area contributed by atoms with Crippen LogP contribution in [0.3, 0.4) is 0 Å². The highest BCUT2D eigenvalue weighted by molar-refractivity contribution is 5.87. The minimum atomic E-state index is -0.623. The lowest BCUT2D eigenvalue weighted by Crippen LogP contribution is -2.29. The smallest absolute Gasteiger partial charge is 0.118 e. The van der Waals surface area contributed by atoms with E-state index >= 15 is 0 Å². The maximum Gasteiger partial charge on any atom is 0.118 e. The number of rotatable bonds is 2. The van der Waals surface area contributed by atoms with Crippen LogP contribution in [0.15, 0.2) is 78.9 Å². The lowest BCUT2D eigenvalue weighted by molar-refractivity contribution is 0.470. The topological polar surface area (TPSA) is 66.5 Å². The Labute approximate surface area is 176 Å². The van der Waals surface area contributed by atoms with Crippen molar-refractivity contribution in [2.75, 3.05) is 5.73 Å².